The van der Waals surface area contributed by atoms with Crippen LogP contribution >= 0.6 is 11.3 Å². The maximum atomic E-state index is 12.6. The zero-order chi connectivity index (χ0) is 16.9. The fraction of sp³-hybridized carbons (Fsp3) is 0.222. The Morgan fingerprint density at radius 1 is 1.29 bits per heavy atom. The van der Waals surface area contributed by atoms with Crippen LogP contribution in [0, 0.1) is 5.92 Å². The fourth-order valence-corrected chi connectivity index (χ4v) is 3.00. The van der Waals surface area contributed by atoms with E-state index in [9.17, 15) is 4.79 Å². The number of nitrogens with one attached hydrogen (secondary N) is 1. The highest BCUT2D eigenvalue weighted by Gasteiger charge is 2.19. The molecule has 3 rings (SSSR count). The first-order valence-electron chi connectivity index (χ1n) is 7.77. The van der Waals surface area contributed by atoms with Gasteiger partial charge in [-0.05, 0) is 29.5 Å². The highest BCUT2D eigenvalue weighted by molar-refractivity contribution is 7.13. The number of aliphatic hydroxyl groups excluding tert-OH is 1. The Labute approximate surface area is 144 Å². The maximum Gasteiger partial charge on any atom is 0.255 e. The second-order valence-corrected chi connectivity index (χ2v) is 6.59. The number of para-hydroxylation sites is 1. The molecule has 1 atom stereocenters. The number of hydrogen-bond acceptors (Lipinski definition) is 4. The lowest BCUT2D eigenvalue weighted by Crippen LogP contribution is -2.29. The molecule has 0 aliphatic rings. The van der Waals surface area contributed by atoms with E-state index in [1.54, 1.807) is 22.2 Å². The fourth-order valence-electron chi connectivity index (χ4n) is 2.28. The minimum Gasteiger partial charge on any atom is -0.396 e. The summed E-state index contributed by atoms with van der Waals surface area (Å²) in [5, 5.41) is 18.6. The van der Waals surface area contributed by atoms with Crippen molar-refractivity contribution in [3.05, 3.63) is 59.6 Å². The van der Waals surface area contributed by atoms with Gasteiger partial charge in [-0.15, -0.1) is 11.3 Å². The van der Waals surface area contributed by atoms with Crippen molar-refractivity contribution in [1.29, 1.82) is 0 Å². The summed E-state index contributed by atoms with van der Waals surface area (Å²) in [6.45, 7) is 2.35. The summed E-state index contributed by atoms with van der Waals surface area (Å²) < 4.78 is 1.72. The highest BCUT2D eigenvalue weighted by Crippen LogP contribution is 2.27. The van der Waals surface area contributed by atoms with Gasteiger partial charge in [0.05, 0.1) is 16.1 Å². The highest BCUT2D eigenvalue weighted by atomic mass is 32.1. The SMILES string of the molecule is CC(CO)CNC(=O)c1cn(-c2ccccc2)nc1-c1cccs1. The van der Waals surface area contributed by atoms with Crippen molar-refractivity contribution in [3.63, 3.8) is 0 Å². The van der Waals surface area contributed by atoms with Crippen LogP contribution in [0.25, 0.3) is 16.3 Å². The number of amides is 1. The summed E-state index contributed by atoms with van der Waals surface area (Å²) in [5.41, 5.74) is 2.10. The van der Waals surface area contributed by atoms with Crippen molar-refractivity contribution in [2.75, 3.05) is 13.2 Å². The molecule has 0 aliphatic heterocycles. The van der Waals surface area contributed by atoms with Crippen LogP contribution in [0.2, 0.25) is 0 Å². The second-order valence-electron chi connectivity index (χ2n) is 5.65. The molecule has 2 N–H and O–H groups in total. The first kappa shape index (κ1) is 16.4. The van der Waals surface area contributed by atoms with Crippen molar-refractivity contribution in [2.45, 2.75) is 6.92 Å². The van der Waals surface area contributed by atoms with Gasteiger partial charge in [0.1, 0.15) is 5.69 Å². The Balaban J connectivity index is 1.94. The van der Waals surface area contributed by atoms with E-state index < -0.39 is 0 Å². The zero-order valence-electron chi connectivity index (χ0n) is 13.3. The summed E-state index contributed by atoms with van der Waals surface area (Å²) in [7, 11) is 0. The van der Waals surface area contributed by atoms with Gasteiger partial charge < -0.3 is 10.4 Å². The number of benzene rings is 1. The van der Waals surface area contributed by atoms with Crippen LogP contribution in [-0.4, -0.2) is 33.9 Å². The molecule has 0 bridgehead atoms. The Kier molecular flexibility index (Phi) is 5.08. The number of thiophene rings is 1. The molecule has 0 spiro atoms. The summed E-state index contributed by atoms with van der Waals surface area (Å²) in [6.07, 6.45) is 1.75. The van der Waals surface area contributed by atoms with Crippen molar-refractivity contribution in [2.24, 2.45) is 5.92 Å². The number of rotatable bonds is 6. The van der Waals surface area contributed by atoms with Gasteiger partial charge in [0.15, 0.2) is 0 Å². The molecule has 1 unspecified atom stereocenters. The molecule has 6 heteroatoms. The van der Waals surface area contributed by atoms with E-state index in [2.05, 4.69) is 10.4 Å². The first-order valence-corrected chi connectivity index (χ1v) is 8.65. The molecule has 0 radical (unpaired) electrons. The molecule has 0 aliphatic carbocycles. The monoisotopic (exact) mass is 341 g/mol. The molecule has 124 valence electrons. The summed E-state index contributed by atoms with van der Waals surface area (Å²) in [5.74, 6) is -0.163. The zero-order valence-corrected chi connectivity index (χ0v) is 14.2. The summed E-state index contributed by atoms with van der Waals surface area (Å²) in [4.78, 5) is 13.5. The third-order valence-electron chi connectivity index (χ3n) is 3.66. The van der Waals surface area contributed by atoms with Gasteiger partial charge in [-0.2, -0.15) is 5.10 Å². The largest absolute Gasteiger partial charge is 0.396 e. The van der Waals surface area contributed by atoms with Crippen molar-refractivity contribution >= 4 is 17.2 Å². The molecular formula is C18H19N3O2S. The molecule has 0 fully saturated rings. The Hall–Kier alpha value is -2.44. The normalized spacial score (nSPS) is 12.1. The number of carbonyl (C=O) groups is 1. The number of aliphatic hydroxyl groups is 1. The van der Waals surface area contributed by atoms with E-state index in [1.807, 2.05) is 54.8 Å². The molecule has 24 heavy (non-hydrogen) atoms. The van der Waals surface area contributed by atoms with Gasteiger partial charge in [-0.3, -0.25) is 4.79 Å². The Morgan fingerprint density at radius 2 is 2.08 bits per heavy atom. The van der Waals surface area contributed by atoms with Crippen LogP contribution in [0.4, 0.5) is 0 Å². The first-order chi connectivity index (χ1) is 11.7. The molecule has 0 saturated carbocycles. The number of nitrogens with zero attached hydrogens (tertiary/aromatic N) is 2. The predicted octanol–water partition coefficient (Wildman–Crippen LogP) is 2.96. The van der Waals surface area contributed by atoms with Gasteiger partial charge >= 0.3 is 0 Å². The molecule has 0 saturated heterocycles. The van der Waals surface area contributed by atoms with Crippen LogP contribution < -0.4 is 5.32 Å². The molecule has 2 heterocycles. The van der Waals surface area contributed by atoms with Gasteiger partial charge in [-0.25, -0.2) is 4.68 Å². The van der Waals surface area contributed by atoms with E-state index in [1.165, 1.54) is 0 Å². The van der Waals surface area contributed by atoms with Crippen LogP contribution in [0.5, 0.6) is 0 Å². The summed E-state index contributed by atoms with van der Waals surface area (Å²) in [6, 6.07) is 13.6. The molecule has 3 aromatic rings. The molecule has 1 amide bonds. The average Bonchev–Trinajstić information content (AvgIpc) is 3.29. The lowest BCUT2D eigenvalue weighted by Gasteiger charge is -2.09. The van der Waals surface area contributed by atoms with E-state index in [4.69, 9.17) is 5.11 Å². The van der Waals surface area contributed by atoms with E-state index in [0.717, 1.165) is 10.6 Å². The molecule has 5 nitrogen and oxygen atoms in total. The molecule has 1 aromatic carbocycles. The average molecular weight is 341 g/mol. The predicted molar refractivity (Wildman–Crippen MR) is 95.5 cm³/mol. The minimum atomic E-state index is -0.180. The van der Waals surface area contributed by atoms with E-state index in [0.29, 0.717) is 17.8 Å². The molecule has 2 aromatic heterocycles. The van der Waals surface area contributed by atoms with Crippen LogP contribution in [-0.2, 0) is 0 Å². The molecular weight excluding hydrogens is 322 g/mol. The van der Waals surface area contributed by atoms with Crippen molar-refractivity contribution in [1.82, 2.24) is 15.1 Å². The van der Waals surface area contributed by atoms with Crippen LogP contribution in [0.1, 0.15) is 17.3 Å². The minimum absolute atomic E-state index is 0.0170. The van der Waals surface area contributed by atoms with Gasteiger partial charge in [0, 0.05) is 19.3 Å². The summed E-state index contributed by atoms with van der Waals surface area (Å²) >= 11 is 1.55. The number of aromatic nitrogens is 2. The number of carbonyl (C=O) groups excluding carboxylic acids is 1. The van der Waals surface area contributed by atoms with E-state index >= 15 is 0 Å². The van der Waals surface area contributed by atoms with Gasteiger partial charge in [0.25, 0.3) is 5.91 Å². The third kappa shape index (κ3) is 3.55. The van der Waals surface area contributed by atoms with Crippen LogP contribution in [0.15, 0.2) is 54.0 Å². The van der Waals surface area contributed by atoms with E-state index in [-0.39, 0.29) is 18.4 Å². The van der Waals surface area contributed by atoms with Crippen LogP contribution in [0.3, 0.4) is 0 Å². The standard InChI is InChI=1S/C18H19N3O2S/c1-13(12-22)10-19-18(23)15-11-21(14-6-3-2-4-7-14)20-17(15)16-8-5-9-24-16/h2-9,11,13,22H,10,12H2,1H3,(H,19,23). The maximum absolute atomic E-state index is 12.6. The Bertz CT molecular complexity index is 797. The quantitative estimate of drug-likeness (QED) is 0.724. The Morgan fingerprint density at radius 3 is 2.75 bits per heavy atom. The van der Waals surface area contributed by atoms with Gasteiger partial charge in [0.2, 0.25) is 0 Å². The van der Waals surface area contributed by atoms with Crippen molar-refractivity contribution < 1.29 is 9.90 Å². The third-order valence-corrected chi connectivity index (χ3v) is 4.53. The van der Waals surface area contributed by atoms with Crippen molar-refractivity contribution in [3.8, 4) is 16.3 Å². The topological polar surface area (TPSA) is 67.2 Å². The smallest absolute Gasteiger partial charge is 0.255 e. The van der Waals surface area contributed by atoms with Gasteiger partial charge in [-0.1, -0.05) is 31.2 Å². The lowest BCUT2D eigenvalue weighted by atomic mass is 10.1. The lowest BCUT2D eigenvalue weighted by molar-refractivity contribution is 0.0943. The number of hydrogen-bond donors (Lipinski definition) is 2. The second kappa shape index (κ2) is 7.42.